The summed E-state index contributed by atoms with van der Waals surface area (Å²) < 4.78 is 11.1. The summed E-state index contributed by atoms with van der Waals surface area (Å²) in [6, 6.07) is 14.8. The third-order valence-corrected chi connectivity index (χ3v) is 3.73. The van der Waals surface area contributed by atoms with Gasteiger partial charge >= 0.3 is 0 Å². The van der Waals surface area contributed by atoms with Crippen molar-refractivity contribution in [1.82, 2.24) is 0 Å². The molecule has 2 aromatic carbocycles. The average molecular weight is 354 g/mol. The summed E-state index contributed by atoms with van der Waals surface area (Å²) >= 11 is 0. The van der Waals surface area contributed by atoms with Crippen LogP contribution < -0.4 is 20.1 Å². The molecule has 0 spiro atoms. The maximum atomic E-state index is 12.1. The Balaban J connectivity index is 1.78. The van der Waals surface area contributed by atoms with Crippen LogP contribution in [0.15, 0.2) is 61.2 Å². The Bertz CT molecular complexity index is 696. The maximum Gasteiger partial charge on any atom is 0.243 e. The Hall–Kier alpha value is -2.95. The fourth-order valence-electron chi connectivity index (χ4n) is 2.14. The van der Waals surface area contributed by atoms with Crippen LogP contribution in [0, 0.1) is 0 Å². The van der Waals surface area contributed by atoms with Gasteiger partial charge in [-0.2, -0.15) is 0 Å². The van der Waals surface area contributed by atoms with Crippen LogP contribution in [0.4, 0.5) is 11.4 Å². The molecule has 0 heterocycles. The third-order valence-electron chi connectivity index (χ3n) is 3.73. The van der Waals surface area contributed by atoms with E-state index in [4.69, 9.17) is 9.47 Å². The molecule has 5 heteroatoms. The fourth-order valence-corrected chi connectivity index (χ4v) is 2.14. The maximum absolute atomic E-state index is 12.1. The van der Waals surface area contributed by atoms with Gasteiger partial charge in [-0.1, -0.05) is 19.6 Å². The van der Waals surface area contributed by atoms with Crippen LogP contribution in [0.1, 0.15) is 20.3 Å². The molecular weight excluding hydrogens is 328 g/mol. The third kappa shape index (κ3) is 6.51. The first kappa shape index (κ1) is 19.4. The van der Waals surface area contributed by atoms with Gasteiger partial charge in [-0.05, 0) is 61.9 Å². The van der Waals surface area contributed by atoms with E-state index in [9.17, 15) is 4.79 Å². The number of hydrogen-bond acceptors (Lipinski definition) is 4. The van der Waals surface area contributed by atoms with Gasteiger partial charge in [0.25, 0.3) is 0 Å². The van der Waals surface area contributed by atoms with Gasteiger partial charge < -0.3 is 20.1 Å². The molecule has 0 radical (unpaired) electrons. The Morgan fingerprint density at radius 3 is 2.31 bits per heavy atom. The molecule has 0 aliphatic carbocycles. The second kappa shape index (κ2) is 10.1. The van der Waals surface area contributed by atoms with Gasteiger partial charge in [0.2, 0.25) is 5.91 Å². The predicted molar refractivity (Wildman–Crippen MR) is 106 cm³/mol. The van der Waals surface area contributed by atoms with Crippen molar-refractivity contribution in [1.29, 1.82) is 0 Å². The molecular formula is C21H26N2O3. The SMILES string of the molecule is C=CCOc1ccc(NC(=O)CNc2ccc(OC(C)CC)cc2)cc1. The van der Waals surface area contributed by atoms with E-state index in [2.05, 4.69) is 24.1 Å². The molecule has 0 aliphatic rings. The molecule has 1 atom stereocenters. The molecule has 0 saturated carbocycles. The van der Waals surface area contributed by atoms with Gasteiger partial charge in [0.05, 0.1) is 12.6 Å². The second-order valence-corrected chi connectivity index (χ2v) is 5.89. The van der Waals surface area contributed by atoms with Gasteiger partial charge in [-0.3, -0.25) is 4.79 Å². The van der Waals surface area contributed by atoms with E-state index < -0.39 is 0 Å². The number of benzene rings is 2. The number of carbonyl (C=O) groups is 1. The normalized spacial score (nSPS) is 11.3. The Morgan fingerprint density at radius 2 is 1.69 bits per heavy atom. The summed E-state index contributed by atoms with van der Waals surface area (Å²) in [5, 5.41) is 5.93. The highest BCUT2D eigenvalue weighted by atomic mass is 16.5. The first-order valence-electron chi connectivity index (χ1n) is 8.75. The van der Waals surface area contributed by atoms with Crippen LogP contribution in [0.5, 0.6) is 11.5 Å². The van der Waals surface area contributed by atoms with Crippen LogP contribution in [0.2, 0.25) is 0 Å². The molecule has 2 N–H and O–H groups in total. The Labute approximate surface area is 155 Å². The number of carbonyl (C=O) groups excluding carboxylic acids is 1. The lowest BCUT2D eigenvalue weighted by molar-refractivity contribution is -0.114. The van der Waals surface area contributed by atoms with Gasteiger partial charge in [0, 0.05) is 11.4 Å². The average Bonchev–Trinajstić information content (AvgIpc) is 2.67. The molecule has 2 rings (SSSR count). The van der Waals surface area contributed by atoms with Crippen molar-refractivity contribution in [2.24, 2.45) is 0 Å². The molecule has 2 aromatic rings. The van der Waals surface area contributed by atoms with Crippen molar-refractivity contribution in [3.05, 3.63) is 61.2 Å². The lowest BCUT2D eigenvalue weighted by Crippen LogP contribution is -2.21. The molecule has 0 saturated heterocycles. The van der Waals surface area contributed by atoms with Gasteiger partial charge in [0.1, 0.15) is 18.1 Å². The molecule has 0 aromatic heterocycles. The molecule has 0 fully saturated rings. The predicted octanol–water partition coefficient (Wildman–Crippen LogP) is 4.48. The quantitative estimate of drug-likeness (QED) is 0.618. The zero-order valence-corrected chi connectivity index (χ0v) is 15.3. The molecule has 1 amide bonds. The molecule has 5 nitrogen and oxygen atoms in total. The minimum absolute atomic E-state index is 0.121. The van der Waals surface area contributed by atoms with Gasteiger partial charge in [-0.25, -0.2) is 0 Å². The number of nitrogens with one attached hydrogen (secondary N) is 2. The van der Waals surface area contributed by atoms with Crippen LogP contribution in [-0.4, -0.2) is 25.2 Å². The standard InChI is InChI=1S/C21H26N2O3/c1-4-14-25-19-10-8-18(9-11-19)23-21(24)15-22-17-6-12-20(13-7-17)26-16(3)5-2/h4,6-13,16,22H,1,5,14-15H2,2-3H3,(H,23,24). The first-order chi connectivity index (χ1) is 12.6. The largest absolute Gasteiger partial charge is 0.491 e. The van der Waals surface area contributed by atoms with Crippen molar-refractivity contribution in [2.45, 2.75) is 26.4 Å². The van der Waals surface area contributed by atoms with Crippen molar-refractivity contribution >= 4 is 17.3 Å². The summed E-state index contributed by atoms with van der Waals surface area (Å²) in [5.74, 6) is 1.44. The highest BCUT2D eigenvalue weighted by Crippen LogP contribution is 2.18. The van der Waals surface area contributed by atoms with Gasteiger partial charge in [0.15, 0.2) is 0 Å². The highest BCUT2D eigenvalue weighted by molar-refractivity contribution is 5.93. The zero-order chi connectivity index (χ0) is 18.8. The zero-order valence-electron chi connectivity index (χ0n) is 15.3. The van der Waals surface area contributed by atoms with Crippen molar-refractivity contribution in [2.75, 3.05) is 23.8 Å². The van der Waals surface area contributed by atoms with Crippen LogP contribution >= 0.6 is 0 Å². The van der Waals surface area contributed by atoms with Crippen molar-refractivity contribution in [3.63, 3.8) is 0 Å². The number of ether oxygens (including phenoxy) is 2. The molecule has 138 valence electrons. The molecule has 0 aliphatic heterocycles. The van der Waals surface area contributed by atoms with Crippen LogP contribution in [-0.2, 0) is 4.79 Å². The Morgan fingerprint density at radius 1 is 1.08 bits per heavy atom. The van der Waals surface area contributed by atoms with Crippen molar-refractivity contribution < 1.29 is 14.3 Å². The van der Waals surface area contributed by atoms with E-state index >= 15 is 0 Å². The summed E-state index contributed by atoms with van der Waals surface area (Å²) in [4.78, 5) is 12.1. The Kier molecular flexibility index (Phi) is 7.55. The monoisotopic (exact) mass is 354 g/mol. The lowest BCUT2D eigenvalue weighted by Gasteiger charge is -2.13. The van der Waals surface area contributed by atoms with Crippen LogP contribution in [0.25, 0.3) is 0 Å². The molecule has 26 heavy (non-hydrogen) atoms. The molecule has 0 bridgehead atoms. The smallest absolute Gasteiger partial charge is 0.243 e. The summed E-state index contributed by atoms with van der Waals surface area (Å²) in [6.07, 6.45) is 2.83. The van der Waals surface area contributed by atoms with E-state index in [1.54, 1.807) is 18.2 Å². The van der Waals surface area contributed by atoms with E-state index in [1.165, 1.54) is 0 Å². The van der Waals surface area contributed by atoms with E-state index in [0.29, 0.717) is 6.61 Å². The minimum atomic E-state index is -0.121. The van der Waals surface area contributed by atoms with E-state index in [1.807, 2.05) is 43.3 Å². The highest BCUT2D eigenvalue weighted by Gasteiger charge is 2.04. The van der Waals surface area contributed by atoms with E-state index in [-0.39, 0.29) is 18.6 Å². The second-order valence-electron chi connectivity index (χ2n) is 5.89. The summed E-state index contributed by atoms with van der Waals surface area (Å²) in [6.45, 7) is 8.36. The number of rotatable bonds is 10. The first-order valence-corrected chi connectivity index (χ1v) is 8.75. The topological polar surface area (TPSA) is 59.6 Å². The number of hydrogen-bond donors (Lipinski definition) is 2. The number of amides is 1. The summed E-state index contributed by atoms with van der Waals surface area (Å²) in [5.41, 5.74) is 1.59. The van der Waals surface area contributed by atoms with E-state index in [0.717, 1.165) is 29.3 Å². The van der Waals surface area contributed by atoms with Crippen molar-refractivity contribution in [3.8, 4) is 11.5 Å². The molecule has 1 unspecified atom stereocenters. The number of anilines is 2. The van der Waals surface area contributed by atoms with Gasteiger partial charge in [-0.15, -0.1) is 0 Å². The lowest BCUT2D eigenvalue weighted by atomic mass is 10.2. The van der Waals surface area contributed by atoms with Crippen LogP contribution in [0.3, 0.4) is 0 Å². The minimum Gasteiger partial charge on any atom is -0.491 e. The fraction of sp³-hybridized carbons (Fsp3) is 0.286. The summed E-state index contributed by atoms with van der Waals surface area (Å²) in [7, 11) is 0.